The SMILES string of the molecule is CC(C)(N)CC/C=C/c1ccc2[nH]c(=O)[nH]c2c1. The summed E-state index contributed by atoms with van der Waals surface area (Å²) in [6.45, 7) is 4.05. The zero-order valence-electron chi connectivity index (χ0n) is 10.8. The van der Waals surface area contributed by atoms with E-state index >= 15 is 0 Å². The Morgan fingerprint density at radius 1 is 1.28 bits per heavy atom. The summed E-state index contributed by atoms with van der Waals surface area (Å²) in [5.41, 5.74) is 8.36. The molecule has 0 saturated heterocycles. The Balaban J connectivity index is 2.07. The molecule has 0 aliphatic rings. The van der Waals surface area contributed by atoms with E-state index in [0.29, 0.717) is 0 Å². The largest absolute Gasteiger partial charge is 0.326 e. The molecule has 1 heterocycles. The van der Waals surface area contributed by atoms with E-state index in [2.05, 4.69) is 22.1 Å². The molecule has 0 saturated carbocycles. The Hall–Kier alpha value is -1.81. The van der Waals surface area contributed by atoms with Gasteiger partial charge in [0.2, 0.25) is 0 Å². The number of H-pyrrole nitrogens is 2. The first-order valence-corrected chi connectivity index (χ1v) is 6.11. The minimum Gasteiger partial charge on any atom is -0.326 e. The third-order valence-corrected chi connectivity index (χ3v) is 2.81. The van der Waals surface area contributed by atoms with Crippen LogP contribution in [-0.4, -0.2) is 15.5 Å². The smallest absolute Gasteiger partial charge is 0.323 e. The summed E-state index contributed by atoms with van der Waals surface area (Å²) in [6, 6.07) is 5.84. The van der Waals surface area contributed by atoms with Crippen molar-refractivity contribution in [3.63, 3.8) is 0 Å². The molecular formula is C14H19N3O. The molecule has 0 spiro atoms. The normalized spacial score (nSPS) is 12.6. The van der Waals surface area contributed by atoms with Gasteiger partial charge in [0.05, 0.1) is 11.0 Å². The highest BCUT2D eigenvalue weighted by Crippen LogP contribution is 2.13. The molecule has 0 unspecified atom stereocenters. The van der Waals surface area contributed by atoms with Gasteiger partial charge in [-0.2, -0.15) is 0 Å². The topological polar surface area (TPSA) is 74.7 Å². The predicted molar refractivity (Wildman–Crippen MR) is 75.5 cm³/mol. The number of benzene rings is 1. The Morgan fingerprint density at radius 3 is 2.72 bits per heavy atom. The molecule has 0 aliphatic carbocycles. The molecule has 4 N–H and O–H groups in total. The van der Waals surface area contributed by atoms with Crippen molar-refractivity contribution in [2.24, 2.45) is 5.73 Å². The van der Waals surface area contributed by atoms with Crippen molar-refractivity contribution in [2.75, 3.05) is 0 Å². The van der Waals surface area contributed by atoms with Gasteiger partial charge in [-0.1, -0.05) is 18.2 Å². The van der Waals surface area contributed by atoms with Crippen LogP contribution >= 0.6 is 0 Å². The van der Waals surface area contributed by atoms with Gasteiger partial charge in [0, 0.05) is 5.54 Å². The van der Waals surface area contributed by atoms with E-state index in [1.54, 1.807) is 0 Å². The van der Waals surface area contributed by atoms with Gasteiger partial charge >= 0.3 is 5.69 Å². The van der Waals surface area contributed by atoms with Crippen LogP contribution in [0, 0.1) is 0 Å². The van der Waals surface area contributed by atoms with Gasteiger partial charge < -0.3 is 15.7 Å². The van der Waals surface area contributed by atoms with Gasteiger partial charge in [-0.3, -0.25) is 0 Å². The van der Waals surface area contributed by atoms with E-state index in [4.69, 9.17) is 5.73 Å². The lowest BCUT2D eigenvalue weighted by Gasteiger charge is -2.16. The minimum atomic E-state index is -0.170. The number of imidazole rings is 1. The quantitative estimate of drug-likeness (QED) is 0.773. The molecule has 0 fully saturated rings. The van der Waals surface area contributed by atoms with Crippen molar-refractivity contribution in [3.8, 4) is 0 Å². The average molecular weight is 245 g/mol. The molecule has 0 atom stereocenters. The molecule has 4 heteroatoms. The van der Waals surface area contributed by atoms with E-state index < -0.39 is 0 Å². The molecule has 18 heavy (non-hydrogen) atoms. The fourth-order valence-corrected chi connectivity index (χ4v) is 1.83. The predicted octanol–water partition coefficient (Wildman–Crippen LogP) is 2.39. The van der Waals surface area contributed by atoms with Crippen LogP contribution in [-0.2, 0) is 0 Å². The first-order valence-electron chi connectivity index (χ1n) is 6.11. The average Bonchev–Trinajstić information content (AvgIpc) is 2.62. The van der Waals surface area contributed by atoms with Crippen molar-refractivity contribution in [3.05, 3.63) is 40.3 Å². The van der Waals surface area contributed by atoms with Crippen LogP contribution in [0.4, 0.5) is 0 Å². The highest BCUT2D eigenvalue weighted by Gasteiger charge is 2.07. The number of hydrogen-bond acceptors (Lipinski definition) is 2. The maximum absolute atomic E-state index is 11.1. The molecule has 2 rings (SSSR count). The molecule has 0 amide bonds. The number of nitrogens with two attached hydrogens (primary N) is 1. The molecule has 1 aromatic heterocycles. The van der Waals surface area contributed by atoms with Gasteiger partial charge in [0.1, 0.15) is 0 Å². The van der Waals surface area contributed by atoms with E-state index in [0.717, 1.165) is 29.4 Å². The Bertz CT molecular complexity index is 614. The highest BCUT2D eigenvalue weighted by atomic mass is 16.1. The summed E-state index contributed by atoms with van der Waals surface area (Å²) in [5.74, 6) is 0. The van der Waals surface area contributed by atoms with E-state index in [9.17, 15) is 4.79 Å². The third-order valence-electron chi connectivity index (χ3n) is 2.81. The lowest BCUT2D eigenvalue weighted by molar-refractivity contribution is 0.482. The zero-order valence-corrected chi connectivity index (χ0v) is 10.8. The second kappa shape index (κ2) is 4.82. The Labute approximate surface area is 106 Å². The summed E-state index contributed by atoms with van der Waals surface area (Å²) in [4.78, 5) is 16.6. The lowest BCUT2D eigenvalue weighted by atomic mass is 10.00. The summed E-state index contributed by atoms with van der Waals surface area (Å²) in [6.07, 6.45) is 6.06. The zero-order chi connectivity index (χ0) is 13.2. The molecule has 0 aliphatic heterocycles. The van der Waals surface area contributed by atoms with Gasteiger partial charge in [-0.25, -0.2) is 4.79 Å². The van der Waals surface area contributed by atoms with Crippen LogP contribution in [0.25, 0.3) is 17.1 Å². The van der Waals surface area contributed by atoms with Gasteiger partial charge in [-0.05, 0) is 44.4 Å². The fourth-order valence-electron chi connectivity index (χ4n) is 1.83. The van der Waals surface area contributed by atoms with E-state index in [-0.39, 0.29) is 11.2 Å². The number of allylic oxidation sites excluding steroid dienone is 1. The van der Waals surface area contributed by atoms with Crippen molar-refractivity contribution in [1.29, 1.82) is 0 Å². The van der Waals surface area contributed by atoms with Crippen molar-refractivity contribution in [1.82, 2.24) is 9.97 Å². The van der Waals surface area contributed by atoms with E-state index in [1.807, 2.05) is 32.0 Å². The van der Waals surface area contributed by atoms with Gasteiger partial charge in [-0.15, -0.1) is 0 Å². The summed E-state index contributed by atoms with van der Waals surface area (Å²) < 4.78 is 0. The number of fused-ring (bicyclic) bond motifs is 1. The van der Waals surface area contributed by atoms with Gasteiger partial charge in [0.25, 0.3) is 0 Å². The molecule has 1 aromatic carbocycles. The van der Waals surface area contributed by atoms with Crippen LogP contribution in [0.2, 0.25) is 0 Å². The number of aromatic amines is 2. The molecule has 2 aromatic rings. The molecule has 0 radical (unpaired) electrons. The summed E-state index contributed by atoms with van der Waals surface area (Å²) in [5, 5.41) is 0. The number of hydrogen-bond donors (Lipinski definition) is 3. The lowest BCUT2D eigenvalue weighted by Crippen LogP contribution is -2.31. The number of aromatic nitrogens is 2. The summed E-state index contributed by atoms with van der Waals surface area (Å²) in [7, 11) is 0. The standard InChI is InChI=1S/C14H19N3O/c1-14(2,15)8-4-3-5-10-6-7-11-12(9-10)17-13(18)16-11/h3,5-7,9H,4,8,15H2,1-2H3,(H2,16,17,18)/b5-3+. The monoisotopic (exact) mass is 245 g/mol. The first kappa shape index (κ1) is 12.6. The molecule has 96 valence electrons. The first-order chi connectivity index (χ1) is 8.44. The minimum absolute atomic E-state index is 0.125. The molecule has 0 bridgehead atoms. The van der Waals surface area contributed by atoms with Crippen LogP contribution in [0.15, 0.2) is 29.1 Å². The van der Waals surface area contributed by atoms with Crippen LogP contribution in [0.1, 0.15) is 32.3 Å². The summed E-state index contributed by atoms with van der Waals surface area (Å²) >= 11 is 0. The molecular weight excluding hydrogens is 226 g/mol. The number of rotatable bonds is 4. The second-order valence-corrected chi connectivity index (χ2v) is 5.31. The van der Waals surface area contributed by atoms with Crippen LogP contribution < -0.4 is 11.4 Å². The highest BCUT2D eigenvalue weighted by molar-refractivity contribution is 5.77. The van der Waals surface area contributed by atoms with Crippen molar-refractivity contribution < 1.29 is 0 Å². The van der Waals surface area contributed by atoms with Crippen molar-refractivity contribution >= 4 is 17.1 Å². The Morgan fingerprint density at radius 2 is 2.00 bits per heavy atom. The Kier molecular flexibility index (Phi) is 3.39. The number of nitrogens with one attached hydrogen (secondary N) is 2. The molecule has 4 nitrogen and oxygen atoms in total. The van der Waals surface area contributed by atoms with Crippen LogP contribution in [0.3, 0.4) is 0 Å². The maximum Gasteiger partial charge on any atom is 0.323 e. The fraction of sp³-hybridized carbons (Fsp3) is 0.357. The van der Waals surface area contributed by atoms with E-state index in [1.165, 1.54) is 0 Å². The van der Waals surface area contributed by atoms with Crippen LogP contribution in [0.5, 0.6) is 0 Å². The third kappa shape index (κ3) is 3.34. The van der Waals surface area contributed by atoms with Crippen molar-refractivity contribution in [2.45, 2.75) is 32.2 Å². The maximum atomic E-state index is 11.1. The second-order valence-electron chi connectivity index (χ2n) is 5.31. The van der Waals surface area contributed by atoms with Gasteiger partial charge in [0.15, 0.2) is 0 Å².